The molecule has 0 bridgehead atoms. The van der Waals surface area contributed by atoms with E-state index in [1.165, 1.54) is 6.42 Å². The van der Waals surface area contributed by atoms with Gasteiger partial charge in [0.2, 0.25) is 11.7 Å². The van der Waals surface area contributed by atoms with Crippen LogP contribution >= 0.6 is 0 Å². The normalized spacial score (nSPS) is 19.1. The maximum atomic E-state index is 14.3. The van der Waals surface area contributed by atoms with Crippen molar-refractivity contribution in [2.75, 3.05) is 47.7 Å². The predicted octanol–water partition coefficient (Wildman–Crippen LogP) is 5.51. The van der Waals surface area contributed by atoms with Crippen molar-refractivity contribution in [2.45, 2.75) is 89.5 Å². The van der Waals surface area contributed by atoms with Crippen LogP contribution in [0.4, 0.5) is 0 Å². The highest BCUT2D eigenvalue weighted by Crippen LogP contribution is 2.45. The van der Waals surface area contributed by atoms with Crippen molar-refractivity contribution in [2.24, 2.45) is 5.92 Å². The Bertz CT molecular complexity index is 858. The zero-order chi connectivity index (χ0) is 27.3. The smallest absolute Gasteiger partial charge is 0.328 e. The van der Waals surface area contributed by atoms with Crippen LogP contribution in [-0.4, -0.2) is 70.5 Å². The lowest BCUT2D eigenvalue weighted by Crippen LogP contribution is -2.51. The molecule has 38 heavy (non-hydrogen) atoms. The first kappa shape index (κ1) is 30.1. The van der Waals surface area contributed by atoms with E-state index in [2.05, 4.69) is 6.92 Å². The Balaban J connectivity index is 1.80. The Hall–Kier alpha value is -2.48. The number of rotatable bonds is 14. The highest BCUT2D eigenvalue weighted by atomic mass is 16.5. The van der Waals surface area contributed by atoms with Gasteiger partial charge in [-0.05, 0) is 62.1 Å². The molecule has 2 atom stereocenters. The summed E-state index contributed by atoms with van der Waals surface area (Å²) >= 11 is 0. The number of benzene rings is 1. The molecule has 0 aromatic heterocycles. The number of hydrogen-bond donors (Lipinski definition) is 0. The molecule has 8 heteroatoms. The van der Waals surface area contributed by atoms with Gasteiger partial charge in [-0.1, -0.05) is 32.6 Å². The molecule has 1 aliphatic carbocycles. The summed E-state index contributed by atoms with van der Waals surface area (Å²) in [5.41, 5.74) is 0.846. The lowest BCUT2D eigenvalue weighted by Gasteiger charge is -2.39. The summed E-state index contributed by atoms with van der Waals surface area (Å²) < 4.78 is 28.0. The van der Waals surface area contributed by atoms with Crippen LogP contribution in [0.3, 0.4) is 0 Å². The molecule has 1 aliphatic heterocycles. The number of hydrogen-bond acceptors (Lipinski definition) is 7. The predicted molar refractivity (Wildman–Crippen MR) is 146 cm³/mol. The quantitative estimate of drug-likeness (QED) is 0.230. The maximum Gasteiger partial charge on any atom is 0.328 e. The van der Waals surface area contributed by atoms with Gasteiger partial charge < -0.3 is 28.6 Å². The summed E-state index contributed by atoms with van der Waals surface area (Å²) in [6, 6.07) is 3.24. The fraction of sp³-hybridized carbons (Fsp3) is 0.733. The molecule has 1 saturated carbocycles. The van der Waals surface area contributed by atoms with Crippen LogP contribution in [0.15, 0.2) is 12.1 Å². The minimum Gasteiger partial charge on any atom is -0.493 e. The van der Waals surface area contributed by atoms with E-state index >= 15 is 0 Å². The summed E-state index contributed by atoms with van der Waals surface area (Å²) in [5.74, 6) is 1.07. The number of methoxy groups -OCH3 is 3. The highest BCUT2D eigenvalue weighted by Gasteiger charge is 2.40. The van der Waals surface area contributed by atoms with Gasteiger partial charge in [0.05, 0.1) is 33.9 Å². The number of nitrogens with zero attached hydrogens (tertiary/aromatic N) is 1. The molecule has 1 aromatic carbocycles. The maximum absolute atomic E-state index is 14.3. The Morgan fingerprint density at radius 1 is 0.868 bits per heavy atom. The van der Waals surface area contributed by atoms with E-state index < -0.39 is 6.04 Å². The summed E-state index contributed by atoms with van der Waals surface area (Å²) in [5, 5.41) is 0. The van der Waals surface area contributed by atoms with Gasteiger partial charge in [0.1, 0.15) is 6.04 Å². The number of piperidine rings is 1. The fourth-order valence-electron chi connectivity index (χ4n) is 5.76. The second-order valence-corrected chi connectivity index (χ2v) is 10.4. The summed E-state index contributed by atoms with van der Waals surface area (Å²) in [7, 11) is 4.75. The topological polar surface area (TPSA) is 83.5 Å². The first-order valence-corrected chi connectivity index (χ1v) is 14.4. The van der Waals surface area contributed by atoms with E-state index in [-0.39, 0.29) is 23.7 Å². The fourth-order valence-corrected chi connectivity index (χ4v) is 5.76. The van der Waals surface area contributed by atoms with Gasteiger partial charge in [-0.2, -0.15) is 0 Å². The molecule has 3 rings (SSSR count). The van der Waals surface area contributed by atoms with Gasteiger partial charge in [-0.3, -0.25) is 4.79 Å². The highest BCUT2D eigenvalue weighted by molar-refractivity contribution is 5.89. The van der Waals surface area contributed by atoms with Crippen LogP contribution < -0.4 is 14.2 Å². The molecule has 0 spiro atoms. The van der Waals surface area contributed by atoms with Crippen LogP contribution in [-0.2, 0) is 19.1 Å². The Kier molecular flexibility index (Phi) is 12.5. The van der Waals surface area contributed by atoms with Crippen LogP contribution in [0.2, 0.25) is 0 Å². The lowest BCUT2D eigenvalue weighted by atomic mass is 9.75. The zero-order valence-corrected chi connectivity index (χ0v) is 23.8. The van der Waals surface area contributed by atoms with Crippen LogP contribution in [0.1, 0.15) is 89.0 Å². The molecule has 1 heterocycles. The SMILES string of the molecule is CCCCOCCCOC(=O)[C@@H]1CCCCN1C(=O)[C@H](c1cc(OC)c(OC)c(OC)c1)C1CCCCC1. The molecule has 214 valence electrons. The van der Waals surface area contributed by atoms with E-state index in [0.29, 0.717) is 49.8 Å². The number of carbonyl (C=O) groups is 2. The molecule has 1 aromatic rings. The number of unbranched alkanes of at least 4 members (excludes halogenated alkanes) is 1. The van der Waals surface area contributed by atoms with E-state index in [0.717, 1.165) is 63.5 Å². The van der Waals surface area contributed by atoms with E-state index in [9.17, 15) is 9.59 Å². The van der Waals surface area contributed by atoms with Crippen LogP contribution in [0, 0.1) is 5.92 Å². The average molecular weight is 534 g/mol. The van der Waals surface area contributed by atoms with Crippen molar-refractivity contribution in [1.82, 2.24) is 4.90 Å². The number of esters is 1. The molecule has 0 radical (unpaired) electrons. The van der Waals surface area contributed by atoms with Gasteiger partial charge in [0.15, 0.2) is 11.5 Å². The van der Waals surface area contributed by atoms with Gasteiger partial charge >= 0.3 is 5.97 Å². The monoisotopic (exact) mass is 533 g/mol. The molecule has 2 fully saturated rings. The van der Waals surface area contributed by atoms with Gasteiger partial charge in [-0.25, -0.2) is 4.79 Å². The van der Waals surface area contributed by atoms with Crippen molar-refractivity contribution >= 4 is 11.9 Å². The zero-order valence-electron chi connectivity index (χ0n) is 23.8. The lowest BCUT2D eigenvalue weighted by molar-refractivity contribution is -0.158. The van der Waals surface area contributed by atoms with Crippen LogP contribution in [0.5, 0.6) is 17.2 Å². The molecule has 0 N–H and O–H groups in total. The van der Waals surface area contributed by atoms with Crippen molar-refractivity contribution < 1.29 is 33.3 Å². The third-order valence-corrected chi connectivity index (χ3v) is 7.81. The minimum absolute atomic E-state index is 0.00396. The minimum atomic E-state index is -0.551. The van der Waals surface area contributed by atoms with Crippen molar-refractivity contribution in [3.63, 3.8) is 0 Å². The number of ether oxygens (including phenoxy) is 5. The molecule has 1 amide bonds. The summed E-state index contributed by atoms with van der Waals surface area (Å²) in [6.45, 7) is 4.31. The van der Waals surface area contributed by atoms with Gasteiger partial charge in [0, 0.05) is 26.2 Å². The second-order valence-electron chi connectivity index (χ2n) is 10.4. The van der Waals surface area contributed by atoms with Crippen molar-refractivity contribution in [3.05, 3.63) is 17.7 Å². The first-order valence-electron chi connectivity index (χ1n) is 14.4. The van der Waals surface area contributed by atoms with E-state index in [4.69, 9.17) is 23.7 Å². The summed E-state index contributed by atoms with van der Waals surface area (Å²) in [4.78, 5) is 29.3. The van der Waals surface area contributed by atoms with E-state index in [1.807, 2.05) is 12.1 Å². The Morgan fingerprint density at radius 2 is 1.53 bits per heavy atom. The molecule has 0 unspecified atom stereocenters. The first-order chi connectivity index (χ1) is 18.5. The Morgan fingerprint density at radius 3 is 2.16 bits per heavy atom. The van der Waals surface area contributed by atoms with Crippen molar-refractivity contribution in [3.8, 4) is 17.2 Å². The average Bonchev–Trinajstić information content (AvgIpc) is 2.96. The molecular weight excluding hydrogens is 486 g/mol. The van der Waals surface area contributed by atoms with Gasteiger partial charge in [-0.15, -0.1) is 0 Å². The number of likely N-dealkylation sites (tertiary alicyclic amines) is 1. The second kappa shape index (κ2) is 15.8. The summed E-state index contributed by atoms with van der Waals surface area (Å²) in [6.07, 6.45) is 10.6. The molecule has 1 saturated heterocycles. The molecular formula is C30H47NO7. The standard InChI is InChI=1S/C30H47NO7/c1-5-6-17-37-18-12-19-38-30(33)24-15-10-11-16-31(24)29(32)27(22-13-8-7-9-14-22)23-20-25(34-2)28(36-4)26(21-23)35-3/h20-22,24,27H,5-19H2,1-4H3/t24-,27-/m0/s1. The van der Waals surface area contributed by atoms with Gasteiger partial charge in [0.25, 0.3) is 0 Å². The molecule has 8 nitrogen and oxygen atoms in total. The largest absolute Gasteiger partial charge is 0.493 e. The van der Waals surface area contributed by atoms with Crippen LogP contribution in [0.25, 0.3) is 0 Å². The third-order valence-electron chi connectivity index (χ3n) is 7.81. The molecule has 2 aliphatic rings. The third kappa shape index (κ3) is 7.78. The Labute approximate surface area is 228 Å². The van der Waals surface area contributed by atoms with Crippen molar-refractivity contribution in [1.29, 1.82) is 0 Å². The van der Waals surface area contributed by atoms with E-state index in [1.54, 1.807) is 26.2 Å². The number of carbonyl (C=O) groups excluding carboxylic acids is 2. The number of amides is 1.